The first-order chi connectivity index (χ1) is 8.25. The Kier molecular flexibility index (Phi) is 14.5. The average Bonchev–Trinajstić information content (AvgIpc) is 2.62. The van der Waals surface area contributed by atoms with Gasteiger partial charge in [0, 0.05) is 6.54 Å². The molecule has 1 aliphatic rings. The number of nitrogens with two attached hydrogens (primary N) is 1. The van der Waals surface area contributed by atoms with E-state index in [0.717, 1.165) is 32.5 Å². The van der Waals surface area contributed by atoms with Crippen molar-refractivity contribution in [3.8, 4) is 0 Å². The van der Waals surface area contributed by atoms with Gasteiger partial charge in [0.25, 0.3) is 0 Å². The Bertz CT molecular complexity index is 222. The Labute approximate surface area is 129 Å². The molecule has 1 aliphatic heterocycles. The zero-order chi connectivity index (χ0) is 12.5. The summed E-state index contributed by atoms with van der Waals surface area (Å²) in [5.74, 6) is 0.170. The van der Waals surface area contributed by atoms with Crippen LogP contribution in [-0.4, -0.2) is 43.0 Å². The molecular weight excluding hydrogens is 285 g/mol. The van der Waals surface area contributed by atoms with Crippen molar-refractivity contribution in [2.45, 2.75) is 51.5 Å². The fraction of sp³-hybridized carbons (Fsp3) is 0.923. The van der Waals surface area contributed by atoms with Gasteiger partial charge in [-0.05, 0) is 52.2 Å². The lowest BCUT2D eigenvalue weighted by molar-refractivity contribution is -0.125. The van der Waals surface area contributed by atoms with E-state index in [1.807, 2.05) is 6.92 Å². The largest absolute Gasteiger partial charge is 0.355 e. The molecule has 1 unspecified atom stereocenters. The van der Waals surface area contributed by atoms with Gasteiger partial charge >= 0.3 is 0 Å². The quantitative estimate of drug-likeness (QED) is 0.737. The maximum absolute atomic E-state index is 11.9. The summed E-state index contributed by atoms with van der Waals surface area (Å²) < 4.78 is 0. The molecule has 0 aromatic heterocycles. The van der Waals surface area contributed by atoms with Crippen LogP contribution in [0.25, 0.3) is 0 Å². The minimum absolute atomic E-state index is 0. The highest BCUT2D eigenvalue weighted by atomic mass is 35.5. The van der Waals surface area contributed by atoms with E-state index in [1.165, 1.54) is 25.7 Å². The molecule has 6 heteroatoms. The molecule has 0 aliphatic carbocycles. The maximum Gasteiger partial charge on any atom is 0.237 e. The van der Waals surface area contributed by atoms with Crippen molar-refractivity contribution in [3.63, 3.8) is 0 Å². The van der Waals surface area contributed by atoms with Crippen LogP contribution in [0.2, 0.25) is 0 Å². The summed E-state index contributed by atoms with van der Waals surface area (Å²) in [6, 6.07) is 0.0194. The van der Waals surface area contributed by atoms with Crippen molar-refractivity contribution in [3.05, 3.63) is 0 Å². The number of amides is 1. The monoisotopic (exact) mass is 313 g/mol. The second-order valence-electron chi connectivity index (χ2n) is 4.91. The predicted octanol–water partition coefficient (Wildman–Crippen LogP) is 1.95. The zero-order valence-electron chi connectivity index (χ0n) is 11.9. The number of hydrogen-bond acceptors (Lipinski definition) is 3. The summed E-state index contributed by atoms with van der Waals surface area (Å²) in [6.07, 6.45) is 7.03. The van der Waals surface area contributed by atoms with E-state index < -0.39 is 0 Å². The Morgan fingerprint density at radius 3 is 2.26 bits per heavy atom. The van der Waals surface area contributed by atoms with Gasteiger partial charge in [-0.3, -0.25) is 9.69 Å². The van der Waals surface area contributed by atoms with E-state index >= 15 is 0 Å². The molecule has 0 saturated carbocycles. The predicted molar refractivity (Wildman–Crippen MR) is 85.3 cm³/mol. The summed E-state index contributed by atoms with van der Waals surface area (Å²) >= 11 is 0. The summed E-state index contributed by atoms with van der Waals surface area (Å²) in [5.41, 5.74) is 5.42. The molecule has 0 spiro atoms. The van der Waals surface area contributed by atoms with Crippen LogP contribution >= 0.6 is 24.8 Å². The van der Waals surface area contributed by atoms with Gasteiger partial charge in [0.1, 0.15) is 0 Å². The van der Waals surface area contributed by atoms with Gasteiger partial charge in [-0.25, -0.2) is 0 Å². The van der Waals surface area contributed by atoms with Gasteiger partial charge in [0.2, 0.25) is 5.91 Å². The second kappa shape index (κ2) is 13.0. The van der Waals surface area contributed by atoms with Crippen molar-refractivity contribution in [2.75, 3.05) is 26.2 Å². The standard InChI is InChI=1S/C13H27N3O.2ClH/c1-12(13(17)15-9-5-4-8-14)16-10-6-2-3-7-11-16;;/h12H,2-11,14H2,1H3,(H,15,17);2*1H. The summed E-state index contributed by atoms with van der Waals surface area (Å²) in [5, 5.41) is 3.00. The molecular formula is C13H29Cl2N3O. The van der Waals surface area contributed by atoms with Gasteiger partial charge in [-0.15, -0.1) is 24.8 Å². The van der Waals surface area contributed by atoms with Crippen LogP contribution in [0.5, 0.6) is 0 Å². The number of nitrogens with one attached hydrogen (secondary N) is 1. The smallest absolute Gasteiger partial charge is 0.237 e. The van der Waals surface area contributed by atoms with Crippen molar-refractivity contribution < 1.29 is 4.79 Å². The molecule has 0 aromatic carbocycles. The third-order valence-electron chi connectivity index (χ3n) is 3.50. The number of carbonyl (C=O) groups is 1. The van der Waals surface area contributed by atoms with E-state index in [4.69, 9.17) is 5.73 Å². The van der Waals surface area contributed by atoms with Crippen molar-refractivity contribution in [2.24, 2.45) is 5.73 Å². The average molecular weight is 314 g/mol. The molecule has 1 heterocycles. The molecule has 0 bridgehead atoms. The van der Waals surface area contributed by atoms with Gasteiger partial charge < -0.3 is 11.1 Å². The number of rotatable bonds is 6. The van der Waals surface area contributed by atoms with Crippen LogP contribution in [0, 0.1) is 0 Å². The topological polar surface area (TPSA) is 58.4 Å². The van der Waals surface area contributed by atoms with Crippen LogP contribution in [0.4, 0.5) is 0 Å². The Morgan fingerprint density at radius 2 is 1.74 bits per heavy atom. The van der Waals surface area contributed by atoms with Gasteiger partial charge in [-0.2, -0.15) is 0 Å². The highest BCUT2D eigenvalue weighted by molar-refractivity contribution is 5.85. The van der Waals surface area contributed by atoms with Crippen LogP contribution < -0.4 is 11.1 Å². The van der Waals surface area contributed by atoms with E-state index in [9.17, 15) is 4.79 Å². The summed E-state index contributed by atoms with van der Waals surface area (Å²) in [4.78, 5) is 14.2. The summed E-state index contributed by atoms with van der Waals surface area (Å²) in [6.45, 7) is 5.62. The second-order valence-corrected chi connectivity index (χ2v) is 4.91. The molecule has 1 amide bonds. The third-order valence-corrected chi connectivity index (χ3v) is 3.50. The number of unbranched alkanes of at least 4 members (excludes halogenated alkanes) is 1. The molecule has 1 fully saturated rings. The third kappa shape index (κ3) is 8.69. The molecule has 1 atom stereocenters. The Morgan fingerprint density at radius 1 is 1.16 bits per heavy atom. The first-order valence-electron chi connectivity index (χ1n) is 6.97. The first-order valence-corrected chi connectivity index (χ1v) is 6.97. The van der Waals surface area contributed by atoms with Crippen molar-refractivity contribution in [1.29, 1.82) is 0 Å². The van der Waals surface area contributed by atoms with Gasteiger partial charge in [-0.1, -0.05) is 12.8 Å². The lowest BCUT2D eigenvalue weighted by atomic mass is 10.2. The number of hydrogen-bond donors (Lipinski definition) is 2. The maximum atomic E-state index is 11.9. The Hall–Kier alpha value is -0.0300. The van der Waals surface area contributed by atoms with Gasteiger partial charge in [0.05, 0.1) is 6.04 Å². The van der Waals surface area contributed by atoms with Crippen LogP contribution in [0.1, 0.15) is 45.4 Å². The molecule has 116 valence electrons. The Balaban J connectivity index is 0. The molecule has 4 nitrogen and oxygen atoms in total. The molecule has 19 heavy (non-hydrogen) atoms. The van der Waals surface area contributed by atoms with Crippen LogP contribution in [0.3, 0.4) is 0 Å². The molecule has 0 aromatic rings. The van der Waals surface area contributed by atoms with Crippen molar-refractivity contribution in [1.82, 2.24) is 10.2 Å². The SMILES string of the molecule is CC(C(=O)NCCCCN)N1CCCCCC1.Cl.Cl. The minimum atomic E-state index is 0. The highest BCUT2D eigenvalue weighted by Gasteiger charge is 2.21. The molecule has 3 N–H and O–H groups in total. The fourth-order valence-corrected chi connectivity index (χ4v) is 2.28. The molecule has 0 radical (unpaired) electrons. The number of carbonyl (C=O) groups excluding carboxylic acids is 1. The summed E-state index contributed by atoms with van der Waals surface area (Å²) in [7, 11) is 0. The van der Waals surface area contributed by atoms with Gasteiger partial charge in [0.15, 0.2) is 0 Å². The minimum Gasteiger partial charge on any atom is -0.355 e. The van der Waals surface area contributed by atoms with Crippen molar-refractivity contribution >= 4 is 30.7 Å². The first kappa shape index (κ1) is 21.3. The van der Waals surface area contributed by atoms with E-state index in [1.54, 1.807) is 0 Å². The fourth-order valence-electron chi connectivity index (χ4n) is 2.28. The lowest BCUT2D eigenvalue weighted by Crippen LogP contribution is -2.45. The number of nitrogens with zero attached hydrogens (tertiary/aromatic N) is 1. The number of halogens is 2. The molecule has 1 rings (SSSR count). The number of likely N-dealkylation sites (tertiary alicyclic amines) is 1. The highest BCUT2D eigenvalue weighted by Crippen LogP contribution is 2.12. The normalized spacial score (nSPS) is 17.6. The van der Waals surface area contributed by atoms with E-state index in [-0.39, 0.29) is 36.8 Å². The van der Waals surface area contributed by atoms with Crippen LogP contribution in [-0.2, 0) is 4.79 Å². The van der Waals surface area contributed by atoms with E-state index in [2.05, 4.69) is 10.2 Å². The molecule has 1 saturated heterocycles. The lowest BCUT2D eigenvalue weighted by Gasteiger charge is -2.26. The zero-order valence-corrected chi connectivity index (χ0v) is 13.5. The van der Waals surface area contributed by atoms with E-state index in [0.29, 0.717) is 6.54 Å². The van der Waals surface area contributed by atoms with Crippen LogP contribution in [0.15, 0.2) is 0 Å².